The molecule has 9 heteroatoms. The Kier molecular flexibility index (Phi) is 4.88. The van der Waals surface area contributed by atoms with Crippen LogP contribution in [0.5, 0.6) is 0 Å². The monoisotopic (exact) mass is 461 g/mol. The van der Waals surface area contributed by atoms with Crippen LogP contribution in [-0.4, -0.2) is 29.3 Å². The molecule has 0 atom stereocenters. The second-order valence-electron chi connectivity index (χ2n) is 7.02. The van der Waals surface area contributed by atoms with Crippen LogP contribution in [0.1, 0.15) is 5.56 Å². The standard InChI is InChI=1S/C23H16ClN5O2S/c24-16-10-12-17(13-11-16)32(30,31)21-20-23(28-19-9-5-4-8-18(19)27-20)29(22(21)25)26-14-15-6-2-1-3-7-15/h1-14H,25H2/b26-14+. The number of nitrogens with zero attached hydrogens (tertiary/aromatic N) is 4. The number of rotatable bonds is 4. The maximum atomic E-state index is 13.5. The van der Waals surface area contributed by atoms with Gasteiger partial charge in [0.2, 0.25) is 9.84 Å². The van der Waals surface area contributed by atoms with Gasteiger partial charge in [-0.15, -0.1) is 0 Å². The van der Waals surface area contributed by atoms with Crippen molar-refractivity contribution >= 4 is 55.7 Å². The largest absolute Gasteiger partial charge is 0.382 e. The Morgan fingerprint density at radius 2 is 1.50 bits per heavy atom. The molecule has 5 rings (SSSR count). The third-order valence-corrected chi connectivity index (χ3v) is 7.03. The zero-order valence-electron chi connectivity index (χ0n) is 16.6. The Morgan fingerprint density at radius 1 is 0.875 bits per heavy atom. The summed E-state index contributed by atoms with van der Waals surface area (Å²) >= 11 is 5.94. The Hall–Kier alpha value is -3.75. The van der Waals surface area contributed by atoms with Gasteiger partial charge in [0, 0.05) is 5.02 Å². The molecule has 158 valence electrons. The highest BCUT2D eigenvalue weighted by molar-refractivity contribution is 7.92. The first-order valence-corrected chi connectivity index (χ1v) is 11.5. The lowest BCUT2D eigenvalue weighted by Crippen LogP contribution is -2.06. The predicted octanol–water partition coefficient (Wildman–Crippen LogP) is 4.54. The molecule has 0 unspecified atom stereocenters. The molecule has 32 heavy (non-hydrogen) atoms. The van der Waals surface area contributed by atoms with E-state index in [1.165, 1.54) is 28.9 Å². The first-order chi connectivity index (χ1) is 15.4. The van der Waals surface area contributed by atoms with Gasteiger partial charge in [-0.3, -0.25) is 0 Å². The lowest BCUT2D eigenvalue weighted by molar-refractivity contribution is 0.597. The van der Waals surface area contributed by atoms with Gasteiger partial charge in [-0.05, 0) is 42.0 Å². The van der Waals surface area contributed by atoms with Crippen LogP contribution in [-0.2, 0) is 9.84 Å². The van der Waals surface area contributed by atoms with Gasteiger partial charge >= 0.3 is 0 Å². The SMILES string of the molecule is Nc1c(S(=O)(=O)c2ccc(Cl)cc2)c2nc3ccccc3nc2n1/N=C/c1ccccc1. The van der Waals surface area contributed by atoms with Crippen molar-refractivity contribution < 1.29 is 8.42 Å². The number of para-hydroxylation sites is 2. The minimum atomic E-state index is -4.02. The predicted molar refractivity (Wildman–Crippen MR) is 126 cm³/mol. The van der Waals surface area contributed by atoms with Crippen LogP contribution in [0.25, 0.3) is 22.2 Å². The smallest absolute Gasteiger partial charge is 0.212 e. The summed E-state index contributed by atoms with van der Waals surface area (Å²) in [5, 5.41) is 4.86. The van der Waals surface area contributed by atoms with Crippen LogP contribution in [0.3, 0.4) is 0 Å². The van der Waals surface area contributed by atoms with E-state index in [9.17, 15) is 8.42 Å². The van der Waals surface area contributed by atoms with Gasteiger partial charge in [-0.25, -0.2) is 18.4 Å². The lowest BCUT2D eigenvalue weighted by Gasteiger charge is -2.05. The first kappa shape index (κ1) is 20.2. The summed E-state index contributed by atoms with van der Waals surface area (Å²) in [5.74, 6) is -0.0718. The third kappa shape index (κ3) is 3.39. The van der Waals surface area contributed by atoms with Crippen molar-refractivity contribution in [2.45, 2.75) is 9.79 Å². The molecule has 0 aliphatic rings. The Labute approximate surface area is 188 Å². The van der Waals surface area contributed by atoms with Crippen molar-refractivity contribution in [3.05, 3.63) is 89.4 Å². The maximum Gasteiger partial charge on any atom is 0.212 e. The summed E-state index contributed by atoms with van der Waals surface area (Å²) in [6.45, 7) is 0. The van der Waals surface area contributed by atoms with E-state index in [0.717, 1.165) is 5.56 Å². The average Bonchev–Trinajstić information content (AvgIpc) is 3.07. The van der Waals surface area contributed by atoms with E-state index < -0.39 is 9.84 Å². The number of hydrogen-bond acceptors (Lipinski definition) is 6. The van der Waals surface area contributed by atoms with Crippen LogP contribution < -0.4 is 5.73 Å². The fraction of sp³-hybridized carbons (Fsp3) is 0. The fourth-order valence-electron chi connectivity index (χ4n) is 3.40. The molecule has 0 fully saturated rings. The molecule has 2 N–H and O–H groups in total. The summed E-state index contributed by atoms with van der Waals surface area (Å²) in [4.78, 5) is 9.11. The lowest BCUT2D eigenvalue weighted by atomic mass is 10.2. The van der Waals surface area contributed by atoms with Crippen LogP contribution >= 0.6 is 11.6 Å². The van der Waals surface area contributed by atoms with Crippen molar-refractivity contribution in [3.8, 4) is 0 Å². The molecule has 0 spiro atoms. The molecule has 0 radical (unpaired) electrons. The minimum Gasteiger partial charge on any atom is -0.382 e. The zero-order valence-corrected chi connectivity index (χ0v) is 18.1. The van der Waals surface area contributed by atoms with E-state index in [1.54, 1.807) is 18.3 Å². The van der Waals surface area contributed by atoms with Crippen molar-refractivity contribution in [3.63, 3.8) is 0 Å². The van der Waals surface area contributed by atoms with Crippen molar-refractivity contribution in [2.24, 2.45) is 5.10 Å². The Bertz CT molecular complexity index is 1600. The van der Waals surface area contributed by atoms with Crippen LogP contribution in [0, 0.1) is 0 Å². The Morgan fingerprint density at radius 3 is 2.19 bits per heavy atom. The van der Waals surface area contributed by atoms with Crippen molar-refractivity contribution in [2.75, 3.05) is 5.73 Å². The first-order valence-electron chi connectivity index (χ1n) is 9.62. The summed E-state index contributed by atoms with van der Waals surface area (Å²) in [7, 11) is -4.02. The molecule has 2 heterocycles. The summed E-state index contributed by atoms with van der Waals surface area (Å²) in [5.41, 5.74) is 8.74. The fourth-order valence-corrected chi connectivity index (χ4v) is 5.01. The summed E-state index contributed by atoms with van der Waals surface area (Å²) in [6, 6.07) is 22.5. The number of nitrogen functional groups attached to an aromatic ring is 1. The van der Waals surface area contributed by atoms with Gasteiger partial charge in [-0.1, -0.05) is 54.1 Å². The molecule has 2 aromatic heterocycles. The molecule has 0 amide bonds. The molecule has 7 nitrogen and oxygen atoms in total. The summed E-state index contributed by atoms with van der Waals surface area (Å²) in [6.07, 6.45) is 1.59. The van der Waals surface area contributed by atoms with E-state index in [-0.39, 0.29) is 26.8 Å². The highest BCUT2D eigenvalue weighted by Gasteiger charge is 2.30. The van der Waals surface area contributed by atoms with Gasteiger partial charge in [-0.2, -0.15) is 9.78 Å². The molecular weight excluding hydrogens is 446 g/mol. The maximum absolute atomic E-state index is 13.5. The molecule has 0 saturated carbocycles. The number of benzene rings is 3. The van der Waals surface area contributed by atoms with Gasteiger partial charge in [0.1, 0.15) is 16.2 Å². The minimum absolute atomic E-state index is 0.0506. The normalized spacial score (nSPS) is 12.2. The van der Waals surface area contributed by atoms with Gasteiger partial charge in [0.05, 0.1) is 22.1 Å². The molecule has 0 aliphatic carbocycles. The van der Waals surface area contributed by atoms with Crippen LogP contribution in [0.2, 0.25) is 5.02 Å². The van der Waals surface area contributed by atoms with Gasteiger partial charge in [0.15, 0.2) is 5.65 Å². The number of hydrogen-bond donors (Lipinski definition) is 1. The topological polar surface area (TPSA) is 103 Å². The highest BCUT2D eigenvalue weighted by atomic mass is 35.5. The molecule has 0 bridgehead atoms. The number of sulfone groups is 1. The van der Waals surface area contributed by atoms with E-state index in [0.29, 0.717) is 16.1 Å². The number of fused-ring (bicyclic) bond motifs is 2. The van der Waals surface area contributed by atoms with E-state index >= 15 is 0 Å². The number of nitrogens with two attached hydrogens (primary N) is 1. The number of anilines is 1. The van der Waals surface area contributed by atoms with Crippen molar-refractivity contribution in [1.29, 1.82) is 0 Å². The molecule has 5 aromatic rings. The summed E-state index contributed by atoms with van der Waals surface area (Å²) < 4.78 is 28.4. The molecule has 3 aromatic carbocycles. The van der Waals surface area contributed by atoms with E-state index in [4.69, 9.17) is 17.3 Å². The number of halogens is 1. The second kappa shape index (κ2) is 7.74. The van der Waals surface area contributed by atoms with E-state index in [1.807, 2.05) is 42.5 Å². The molecule has 0 aliphatic heterocycles. The van der Waals surface area contributed by atoms with Gasteiger partial charge < -0.3 is 5.73 Å². The zero-order chi connectivity index (χ0) is 22.3. The third-order valence-electron chi connectivity index (χ3n) is 4.94. The highest BCUT2D eigenvalue weighted by Crippen LogP contribution is 2.35. The second-order valence-corrected chi connectivity index (χ2v) is 9.35. The van der Waals surface area contributed by atoms with Crippen molar-refractivity contribution in [1.82, 2.24) is 14.6 Å². The average molecular weight is 462 g/mol. The van der Waals surface area contributed by atoms with Crippen LogP contribution in [0.15, 0.2) is 93.8 Å². The number of aromatic nitrogens is 3. The van der Waals surface area contributed by atoms with E-state index in [2.05, 4.69) is 15.1 Å². The van der Waals surface area contributed by atoms with Gasteiger partial charge in [0.25, 0.3) is 0 Å². The Balaban J connectivity index is 1.81. The molecular formula is C23H16ClN5O2S. The quantitative estimate of drug-likeness (QED) is 0.396. The molecule has 0 saturated heterocycles. The van der Waals surface area contributed by atoms with Crippen LogP contribution in [0.4, 0.5) is 5.82 Å².